The summed E-state index contributed by atoms with van der Waals surface area (Å²) in [6.45, 7) is 1.23. The van der Waals surface area contributed by atoms with Crippen LogP contribution in [0.1, 0.15) is 16.7 Å². The lowest BCUT2D eigenvalue weighted by Crippen LogP contribution is -2.39. The third-order valence-corrected chi connectivity index (χ3v) is 7.38. The zero-order valence-electron chi connectivity index (χ0n) is 17.5. The first kappa shape index (κ1) is 25.2. The highest BCUT2D eigenvalue weighted by molar-refractivity contribution is 7.89. The molecule has 0 radical (unpaired) electrons. The van der Waals surface area contributed by atoms with Gasteiger partial charge in [-0.25, -0.2) is 13.8 Å². The van der Waals surface area contributed by atoms with Gasteiger partial charge in [-0.05, 0) is 48.9 Å². The van der Waals surface area contributed by atoms with E-state index in [1.54, 1.807) is 18.2 Å². The van der Waals surface area contributed by atoms with Gasteiger partial charge in [0.25, 0.3) is 5.91 Å². The van der Waals surface area contributed by atoms with Gasteiger partial charge in [0.05, 0.1) is 17.7 Å². The lowest BCUT2D eigenvalue weighted by Gasteiger charge is -2.22. The SMILES string of the molecule is Cc1cccc(/C=N\NC(=O)CN(Cc2c(Cl)cccc2Cl)S(=O)(=O)c2ccc(Cl)cc2)c1. The monoisotopic (exact) mass is 523 g/mol. The normalized spacial score (nSPS) is 11.8. The van der Waals surface area contributed by atoms with Crippen LogP contribution in [0.2, 0.25) is 15.1 Å². The maximum absolute atomic E-state index is 13.3. The Morgan fingerprint density at radius 1 is 1.00 bits per heavy atom. The molecule has 0 fully saturated rings. The first-order valence-corrected chi connectivity index (χ1v) is 12.3. The average Bonchev–Trinajstić information content (AvgIpc) is 2.76. The minimum Gasteiger partial charge on any atom is -0.272 e. The topological polar surface area (TPSA) is 78.8 Å². The van der Waals surface area contributed by atoms with Crippen LogP contribution >= 0.6 is 34.8 Å². The van der Waals surface area contributed by atoms with Crippen LogP contribution in [0.5, 0.6) is 0 Å². The Bertz CT molecular complexity index is 1260. The molecular weight excluding hydrogens is 505 g/mol. The Morgan fingerprint density at radius 2 is 1.64 bits per heavy atom. The third-order valence-electron chi connectivity index (χ3n) is 4.61. The molecule has 1 amide bonds. The number of carbonyl (C=O) groups is 1. The van der Waals surface area contributed by atoms with Crippen molar-refractivity contribution in [3.8, 4) is 0 Å². The van der Waals surface area contributed by atoms with E-state index in [0.29, 0.717) is 10.6 Å². The molecule has 172 valence electrons. The Kier molecular flexibility index (Phi) is 8.51. The smallest absolute Gasteiger partial charge is 0.255 e. The second-order valence-electron chi connectivity index (χ2n) is 7.13. The lowest BCUT2D eigenvalue weighted by molar-refractivity contribution is -0.121. The zero-order valence-corrected chi connectivity index (χ0v) is 20.6. The van der Waals surface area contributed by atoms with Crippen molar-refractivity contribution in [2.24, 2.45) is 5.10 Å². The number of hydrogen-bond donors (Lipinski definition) is 1. The highest BCUT2D eigenvalue weighted by Gasteiger charge is 2.28. The van der Waals surface area contributed by atoms with E-state index >= 15 is 0 Å². The molecule has 0 aliphatic heterocycles. The molecule has 0 aliphatic carbocycles. The van der Waals surface area contributed by atoms with Crippen LogP contribution in [0.3, 0.4) is 0 Å². The first-order chi connectivity index (χ1) is 15.7. The van der Waals surface area contributed by atoms with Gasteiger partial charge in [0.1, 0.15) is 0 Å². The summed E-state index contributed by atoms with van der Waals surface area (Å²) in [5.41, 5.74) is 4.59. The van der Waals surface area contributed by atoms with Crippen molar-refractivity contribution in [1.82, 2.24) is 9.73 Å². The maximum atomic E-state index is 13.3. The average molecular weight is 525 g/mol. The van der Waals surface area contributed by atoms with Crippen LogP contribution in [0.25, 0.3) is 0 Å². The van der Waals surface area contributed by atoms with Gasteiger partial charge >= 0.3 is 0 Å². The van der Waals surface area contributed by atoms with Crippen molar-refractivity contribution in [3.05, 3.63) is 98.5 Å². The van der Waals surface area contributed by atoms with Gasteiger partial charge in [0, 0.05) is 27.2 Å². The predicted molar refractivity (Wildman–Crippen MR) is 132 cm³/mol. The molecule has 0 unspecified atom stereocenters. The molecule has 1 N–H and O–H groups in total. The molecule has 3 aromatic rings. The highest BCUT2D eigenvalue weighted by atomic mass is 35.5. The number of halogens is 3. The molecule has 0 bridgehead atoms. The summed E-state index contributed by atoms with van der Waals surface area (Å²) in [6, 6.07) is 18.0. The van der Waals surface area contributed by atoms with Crippen molar-refractivity contribution >= 4 is 56.9 Å². The van der Waals surface area contributed by atoms with Gasteiger partial charge in [-0.1, -0.05) is 70.7 Å². The Balaban J connectivity index is 1.84. The molecule has 6 nitrogen and oxygen atoms in total. The van der Waals surface area contributed by atoms with Crippen LogP contribution in [0, 0.1) is 6.92 Å². The van der Waals surface area contributed by atoms with Crippen LogP contribution in [0.15, 0.2) is 76.7 Å². The molecule has 3 rings (SSSR count). The van der Waals surface area contributed by atoms with Crippen LogP contribution < -0.4 is 5.43 Å². The largest absolute Gasteiger partial charge is 0.272 e. The van der Waals surface area contributed by atoms with Gasteiger partial charge in [0.2, 0.25) is 10.0 Å². The molecule has 0 atom stereocenters. The molecule has 0 aliphatic rings. The fourth-order valence-electron chi connectivity index (χ4n) is 2.97. The van der Waals surface area contributed by atoms with Gasteiger partial charge in [-0.2, -0.15) is 9.41 Å². The van der Waals surface area contributed by atoms with Gasteiger partial charge < -0.3 is 0 Å². The van der Waals surface area contributed by atoms with Crippen molar-refractivity contribution in [3.63, 3.8) is 0 Å². The van der Waals surface area contributed by atoms with Crippen LogP contribution in [-0.4, -0.2) is 31.4 Å². The van der Waals surface area contributed by atoms with E-state index in [1.807, 2.05) is 31.2 Å². The standard InChI is InChI=1S/C23H20Cl3N3O3S/c1-16-4-2-5-17(12-16)13-27-28-23(30)15-29(14-20-21(25)6-3-7-22(20)26)33(31,32)19-10-8-18(24)9-11-19/h2-13H,14-15H2,1H3,(H,28,30)/b27-13-. The summed E-state index contributed by atoms with van der Waals surface area (Å²) in [7, 11) is -4.08. The van der Waals surface area contributed by atoms with Gasteiger partial charge in [0.15, 0.2) is 0 Å². The number of hydrogen-bond acceptors (Lipinski definition) is 4. The number of amides is 1. The summed E-state index contributed by atoms with van der Waals surface area (Å²) in [5, 5.41) is 4.89. The van der Waals surface area contributed by atoms with Gasteiger partial charge in [-0.3, -0.25) is 4.79 Å². The van der Waals surface area contributed by atoms with E-state index in [0.717, 1.165) is 15.4 Å². The molecule has 3 aromatic carbocycles. The maximum Gasteiger partial charge on any atom is 0.255 e. The van der Waals surface area contributed by atoms with E-state index in [4.69, 9.17) is 34.8 Å². The molecule has 0 spiro atoms. The van der Waals surface area contributed by atoms with Crippen molar-refractivity contribution < 1.29 is 13.2 Å². The van der Waals surface area contributed by atoms with E-state index in [9.17, 15) is 13.2 Å². The van der Waals surface area contributed by atoms with Crippen molar-refractivity contribution in [1.29, 1.82) is 0 Å². The number of sulfonamides is 1. The van der Waals surface area contributed by atoms with Crippen LogP contribution in [-0.2, 0) is 21.4 Å². The second-order valence-corrected chi connectivity index (χ2v) is 10.3. The highest BCUT2D eigenvalue weighted by Crippen LogP contribution is 2.28. The first-order valence-electron chi connectivity index (χ1n) is 9.74. The zero-order chi connectivity index (χ0) is 24.0. The fraction of sp³-hybridized carbons (Fsp3) is 0.130. The minimum absolute atomic E-state index is 0.0221. The Morgan fingerprint density at radius 3 is 2.27 bits per heavy atom. The molecule has 33 heavy (non-hydrogen) atoms. The number of benzene rings is 3. The summed E-state index contributed by atoms with van der Waals surface area (Å²) < 4.78 is 27.6. The van der Waals surface area contributed by atoms with E-state index < -0.39 is 22.5 Å². The second kappa shape index (κ2) is 11.1. The molecule has 0 heterocycles. The minimum atomic E-state index is -4.08. The number of aryl methyl sites for hydroxylation is 1. The van der Waals surface area contributed by atoms with E-state index in [2.05, 4.69) is 10.5 Å². The lowest BCUT2D eigenvalue weighted by atomic mass is 10.2. The predicted octanol–water partition coefficient (Wildman–Crippen LogP) is 5.30. The Labute approximate surface area is 207 Å². The fourth-order valence-corrected chi connectivity index (χ4v) is 4.97. The third kappa shape index (κ3) is 6.79. The molecule has 0 saturated heterocycles. The Hall–Kier alpha value is -2.42. The number of nitrogens with zero attached hydrogens (tertiary/aromatic N) is 2. The number of rotatable bonds is 8. The number of nitrogens with one attached hydrogen (secondary N) is 1. The molecule has 10 heteroatoms. The van der Waals surface area contributed by atoms with Crippen molar-refractivity contribution in [2.75, 3.05) is 6.54 Å². The summed E-state index contributed by atoms with van der Waals surface area (Å²) in [4.78, 5) is 12.6. The molecule has 0 aromatic heterocycles. The summed E-state index contributed by atoms with van der Waals surface area (Å²) >= 11 is 18.4. The molecule has 0 saturated carbocycles. The number of hydrazone groups is 1. The van der Waals surface area contributed by atoms with Crippen molar-refractivity contribution in [2.45, 2.75) is 18.4 Å². The van der Waals surface area contributed by atoms with Crippen LogP contribution in [0.4, 0.5) is 0 Å². The van der Waals surface area contributed by atoms with E-state index in [1.165, 1.54) is 30.5 Å². The summed E-state index contributed by atoms with van der Waals surface area (Å²) in [5.74, 6) is -0.625. The van der Waals surface area contributed by atoms with E-state index in [-0.39, 0.29) is 21.5 Å². The molecular formula is C23H20Cl3N3O3S. The summed E-state index contributed by atoms with van der Waals surface area (Å²) in [6.07, 6.45) is 1.48. The number of carbonyl (C=O) groups excluding carboxylic acids is 1. The quantitative estimate of drug-likeness (QED) is 0.321. The van der Waals surface area contributed by atoms with Gasteiger partial charge in [-0.15, -0.1) is 0 Å².